The summed E-state index contributed by atoms with van der Waals surface area (Å²) in [5.41, 5.74) is -0.629. The Kier molecular flexibility index (Phi) is 7.81. The molecule has 5 heteroatoms. The molecule has 1 aliphatic carbocycles. The molecule has 0 aromatic heterocycles. The average molecular weight is 328 g/mol. The number of alkyl carbamates (subject to hydrolysis) is 1. The van der Waals surface area contributed by atoms with Crippen molar-refractivity contribution >= 4 is 6.09 Å². The molecule has 0 aliphatic heterocycles. The first-order chi connectivity index (χ1) is 10.6. The van der Waals surface area contributed by atoms with Crippen LogP contribution in [-0.2, 0) is 4.74 Å². The van der Waals surface area contributed by atoms with Crippen molar-refractivity contribution in [3.8, 4) is 0 Å². The van der Waals surface area contributed by atoms with Crippen molar-refractivity contribution in [2.75, 3.05) is 19.7 Å². The topological polar surface area (TPSA) is 70.6 Å². The predicted molar refractivity (Wildman–Crippen MR) is 93.5 cm³/mol. The van der Waals surface area contributed by atoms with E-state index in [2.05, 4.69) is 10.6 Å². The van der Waals surface area contributed by atoms with Crippen molar-refractivity contribution in [1.82, 2.24) is 10.6 Å². The third-order valence-corrected chi connectivity index (χ3v) is 4.35. The number of carbonyl (C=O) groups is 1. The molecule has 0 radical (unpaired) electrons. The van der Waals surface area contributed by atoms with E-state index >= 15 is 0 Å². The normalized spacial score (nSPS) is 18.5. The number of nitrogens with one attached hydrogen (secondary N) is 2. The van der Waals surface area contributed by atoms with Crippen LogP contribution in [0.2, 0.25) is 0 Å². The van der Waals surface area contributed by atoms with Gasteiger partial charge < -0.3 is 20.5 Å². The molecule has 0 aromatic carbocycles. The first kappa shape index (κ1) is 20.2. The molecule has 1 fully saturated rings. The Labute approximate surface area is 141 Å². The van der Waals surface area contributed by atoms with Crippen LogP contribution in [0.25, 0.3) is 0 Å². The Bertz CT molecular complexity index is 358. The lowest BCUT2D eigenvalue weighted by Gasteiger charge is -2.34. The van der Waals surface area contributed by atoms with Crippen LogP contribution in [0, 0.1) is 11.3 Å². The quantitative estimate of drug-likeness (QED) is 0.672. The Morgan fingerprint density at radius 3 is 2.30 bits per heavy atom. The summed E-state index contributed by atoms with van der Waals surface area (Å²) in [5, 5.41) is 15.9. The van der Waals surface area contributed by atoms with Gasteiger partial charge in [-0.1, -0.05) is 33.1 Å². The second kappa shape index (κ2) is 8.88. The third-order valence-electron chi connectivity index (χ3n) is 4.35. The fourth-order valence-electron chi connectivity index (χ4n) is 2.91. The Morgan fingerprint density at radius 2 is 1.78 bits per heavy atom. The van der Waals surface area contributed by atoms with Gasteiger partial charge in [-0.3, -0.25) is 0 Å². The molecule has 23 heavy (non-hydrogen) atoms. The van der Waals surface area contributed by atoms with Gasteiger partial charge in [-0.05, 0) is 39.5 Å². The Balaban J connectivity index is 2.55. The molecule has 1 unspecified atom stereocenters. The van der Waals surface area contributed by atoms with E-state index in [9.17, 15) is 9.90 Å². The van der Waals surface area contributed by atoms with E-state index in [1.54, 1.807) is 0 Å². The van der Waals surface area contributed by atoms with Crippen molar-refractivity contribution in [3.63, 3.8) is 0 Å². The second-order valence-electron chi connectivity index (χ2n) is 8.59. The van der Waals surface area contributed by atoms with Crippen molar-refractivity contribution in [2.24, 2.45) is 11.3 Å². The number of ether oxygens (including phenoxy) is 1. The number of aliphatic hydroxyl groups is 1. The molecule has 0 aromatic rings. The van der Waals surface area contributed by atoms with Crippen molar-refractivity contribution < 1.29 is 14.6 Å². The molecule has 5 nitrogen and oxygen atoms in total. The second-order valence-corrected chi connectivity index (χ2v) is 8.59. The Morgan fingerprint density at radius 1 is 1.17 bits per heavy atom. The molecule has 0 heterocycles. The molecule has 0 spiro atoms. The van der Waals surface area contributed by atoms with E-state index < -0.39 is 5.60 Å². The summed E-state index contributed by atoms with van der Waals surface area (Å²) >= 11 is 0. The van der Waals surface area contributed by atoms with Crippen molar-refractivity contribution in [2.45, 2.75) is 78.4 Å². The van der Waals surface area contributed by atoms with Crippen LogP contribution in [0.15, 0.2) is 0 Å². The fraction of sp³-hybridized carbons (Fsp3) is 0.944. The number of carbonyl (C=O) groups excluding carboxylic acids is 1. The minimum atomic E-state index is -0.475. The molecule has 1 saturated carbocycles. The summed E-state index contributed by atoms with van der Waals surface area (Å²) in [6.07, 6.45) is 5.88. The van der Waals surface area contributed by atoms with Gasteiger partial charge >= 0.3 is 6.09 Å². The van der Waals surface area contributed by atoms with Gasteiger partial charge in [0.25, 0.3) is 0 Å². The number of amides is 1. The first-order valence-corrected chi connectivity index (χ1v) is 8.94. The minimum Gasteiger partial charge on any atom is -0.444 e. The van der Waals surface area contributed by atoms with E-state index in [-0.39, 0.29) is 24.2 Å². The number of hydrogen-bond donors (Lipinski definition) is 3. The summed E-state index contributed by atoms with van der Waals surface area (Å²) < 4.78 is 5.32. The third kappa shape index (κ3) is 8.56. The molecule has 1 aliphatic rings. The maximum atomic E-state index is 11.9. The molecule has 1 atom stereocenters. The monoisotopic (exact) mass is 328 g/mol. The zero-order valence-corrected chi connectivity index (χ0v) is 15.6. The van der Waals surface area contributed by atoms with Crippen molar-refractivity contribution in [3.05, 3.63) is 0 Å². The largest absolute Gasteiger partial charge is 0.444 e. The number of aliphatic hydroxyl groups excluding tert-OH is 1. The highest BCUT2D eigenvalue weighted by Gasteiger charge is 2.27. The zero-order valence-electron chi connectivity index (χ0n) is 15.6. The van der Waals surface area contributed by atoms with Gasteiger partial charge in [0, 0.05) is 31.2 Å². The molecule has 0 bridgehead atoms. The van der Waals surface area contributed by atoms with E-state index in [4.69, 9.17) is 4.74 Å². The summed E-state index contributed by atoms with van der Waals surface area (Å²) in [5.74, 6) is 0.577. The highest BCUT2D eigenvalue weighted by atomic mass is 16.6. The first-order valence-electron chi connectivity index (χ1n) is 8.94. The number of rotatable bonds is 7. The predicted octanol–water partition coefficient (Wildman–Crippen LogP) is 3.07. The lowest BCUT2D eigenvalue weighted by atomic mass is 9.83. The highest BCUT2D eigenvalue weighted by Crippen LogP contribution is 2.27. The van der Waals surface area contributed by atoms with Crippen LogP contribution in [0.5, 0.6) is 0 Å². The molecule has 1 amide bonds. The van der Waals surface area contributed by atoms with Gasteiger partial charge in [0.2, 0.25) is 0 Å². The lowest BCUT2D eigenvalue weighted by molar-refractivity contribution is 0.0513. The fourth-order valence-corrected chi connectivity index (χ4v) is 2.91. The van der Waals surface area contributed by atoms with Crippen molar-refractivity contribution in [1.29, 1.82) is 0 Å². The van der Waals surface area contributed by atoms with Gasteiger partial charge in [-0.15, -0.1) is 0 Å². The van der Waals surface area contributed by atoms with Crippen LogP contribution in [0.1, 0.15) is 66.7 Å². The maximum absolute atomic E-state index is 11.9. The van der Waals surface area contributed by atoms with Gasteiger partial charge in [0.15, 0.2) is 0 Å². The maximum Gasteiger partial charge on any atom is 0.407 e. The summed E-state index contributed by atoms with van der Waals surface area (Å²) in [6.45, 7) is 11.1. The molecule has 1 rings (SSSR count). The van der Waals surface area contributed by atoms with E-state index in [1.807, 2.05) is 34.6 Å². The van der Waals surface area contributed by atoms with Crippen LogP contribution < -0.4 is 10.6 Å². The molecule has 0 saturated heterocycles. The zero-order chi connectivity index (χ0) is 17.5. The number of hydrogen-bond acceptors (Lipinski definition) is 4. The summed E-state index contributed by atoms with van der Waals surface area (Å²) in [7, 11) is 0. The van der Waals surface area contributed by atoms with Gasteiger partial charge in [0.1, 0.15) is 5.60 Å². The summed E-state index contributed by atoms with van der Waals surface area (Å²) in [6, 6.07) is 0.230. The lowest BCUT2D eigenvalue weighted by Crippen LogP contribution is -2.49. The van der Waals surface area contributed by atoms with E-state index in [0.29, 0.717) is 12.5 Å². The van der Waals surface area contributed by atoms with Crippen LogP contribution in [-0.4, -0.2) is 42.5 Å². The van der Waals surface area contributed by atoms with Gasteiger partial charge in [-0.2, -0.15) is 0 Å². The minimum absolute atomic E-state index is 0.150. The highest BCUT2D eigenvalue weighted by molar-refractivity contribution is 5.67. The van der Waals surface area contributed by atoms with E-state index in [1.165, 1.54) is 32.1 Å². The van der Waals surface area contributed by atoms with Crippen LogP contribution >= 0.6 is 0 Å². The van der Waals surface area contributed by atoms with Crippen LogP contribution in [0.4, 0.5) is 4.79 Å². The van der Waals surface area contributed by atoms with E-state index in [0.717, 1.165) is 6.54 Å². The summed E-state index contributed by atoms with van der Waals surface area (Å²) in [4.78, 5) is 11.9. The smallest absolute Gasteiger partial charge is 0.407 e. The Hall–Kier alpha value is -0.810. The standard InChI is InChI=1S/C18H36N2O3/c1-17(2,3)23-16(22)19-11-15(14-9-7-6-8-10-14)20-12-18(4,5)13-21/h14-15,20-21H,6-13H2,1-5H3,(H,19,22). The molecule has 136 valence electrons. The molecular formula is C18H36N2O3. The molecule has 3 N–H and O–H groups in total. The average Bonchev–Trinajstić information content (AvgIpc) is 2.46. The SMILES string of the molecule is CC(C)(CO)CNC(CNC(=O)OC(C)(C)C)C1CCCCC1. The van der Waals surface area contributed by atoms with Gasteiger partial charge in [0.05, 0.1) is 0 Å². The molecular weight excluding hydrogens is 292 g/mol. The van der Waals surface area contributed by atoms with Gasteiger partial charge in [-0.25, -0.2) is 4.79 Å². The van der Waals surface area contributed by atoms with Crippen LogP contribution in [0.3, 0.4) is 0 Å².